The van der Waals surface area contributed by atoms with E-state index in [0.717, 1.165) is 26.9 Å². The molecule has 0 aliphatic rings. The van der Waals surface area contributed by atoms with Gasteiger partial charge in [-0.2, -0.15) is 0 Å². The summed E-state index contributed by atoms with van der Waals surface area (Å²) >= 11 is 1.39. The van der Waals surface area contributed by atoms with Crippen molar-refractivity contribution in [1.29, 1.82) is 0 Å². The van der Waals surface area contributed by atoms with Gasteiger partial charge < -0.3 is 5.32 Å². The van der Waals surface area contributed by atoms with Gasteiger partial charge in [-0.25, -0.2) is 8.42 Å². The van der Waals surface area contributed by atoms with Crippen LogP contribution in [0.1, 0.15) is 27.7 Å². The molecule has 1 aromatic heterocycles. The Morgan fingerprint density at radius 1 is 1.07 bits per heavy atom. The highest BCUT2D eigenvalue weighted by atomic mass is 32.2. The van der Waals surface area contributed by atoms with Crippen LogP contribution in [0.3, 0.4) is 0 Å². The number of aryl methyl sites for hydroxylation is 2. The van der Waals surface area contributed by atoms with Crippen LogP contribution in [0.5, 0.6) is 0 Å². The van der Waals surface area contributed by atoms with Crippen LogP contribution in [0.25, 0.3) is 10.1 Å². The second kappa shape index (κ2) is 7.32. The summed E-state index contributed by atoms with van der Waals surface area (Å²) in [4.78, 5) is 13.2. The van der Waals surface area contributed by atoms with Gasteiger partial charge in [0.15, 0.2) is 0 Å². The molecule has 1 heterocycles. The summed E-state index contributed by atoms with van der Waals surface area (Å²) in [6, 6.07) is 13.1. The van der Waals surface area contributed by atoms with E-state index in [-0.39, 0.29) is 11.7 Å². The van der Waals surface area contributed by atoms with Crippen molar-refractivity contribution in [2.75, 3.05) is 22.4 Å². The van der Waals surface area contributed by atoms with Gasteiger partial charge in [-0.1, -0.05) is 6.07 Å². The summed E-state index contributed by atoms with van der Waals surface area (Å²) in [6.45, 7) is 5.60. The molecule has 0 saturated carbocycles. The largest absolute Gasteiger partial charge is 0.321 e. The molecule has 0 spiro atoms. The van der Waals surface area contributed by atoms with Gasteiger partial charge in [0.2, 0.25) is 10.0 Å². The lowest BCUT2D eigenvalue weighted by molar-refractivity contribution is 0.103. The zero-order valence-electron chi connectivity index (χ0n) is 15.7. The fourth-order valence-electron chi connectivity index (χ4n) is 2.93. The van der Waals surface area contributed by atoms with E-state index in [4.69, 9.17) is 0 Å². The molecule has 0 bridgehead atoms. The number of benzene rings is 2. The van der Waals surface area contributed by atoms with Gasteiger partial charge in [-0.3, -0.25) is 9.10 Å². The third-order valence-corrected chi connectivity index (χ3v) is 7.24. The number of nitrogens with zero attached hydrogens (tertiary/aromatic N) is 1. The number of hydrogen-bond donors (Lipinski definition) is 1. The molecule has 0 aliphatic heterocycles. The molecule has 142 valence electrons. The first-order valence-corrected chi connectivity index (χ1v) is 11.0. The van der Waals surface area contributed by atoms with Crippen LogP contribution >= 0.6 is 11.3 Å². The zero-order chi connectivity index (χ0) is 19.8. The van der Waals surface area contributed by atoms with Crippen molar-refractivity contribution in [3.8, 4) is 0 Å². The average molecular weight is 403 g/mol. The lowest BCUT2D eigenvalue weighted by Gasteiger charge is -2.18. The molecule has 1 amide bonds. The summed E-state index contributed by atoms with van der Waals surface area (Å²) < 4.78 is 26.4. The number of hydrogen-bond acceptors (Lipinski definition) is 4. The number of rotatable bonds is 5. The Balaban J connectivity index is 1.89. The quantitative estimate of drug-likeness (QED) is 0.680. The fraction of sp³-hybridized carbons (Fsp3) is 0.250. The standard InChI is InChI=1S/C20H22N2O3S2/c1-5-27(24,25)22(4)17-6-7-18-15(11-17)12-19(26-18)20(23)21-16-9-13(2)8-14(3)10-16/h6-12H,5H2,1-4H3,(H,21,23). The van der Waals surface area contributed by atoms with Gasteiger partial charge in [0, 0.05) is 17.4 Å². The average Bonchev–Trinajstić information content (AvgIpc) is 3.03. The predicted molar refractivity (Wildman–Crippen MR) is 114 cm³/mol. The Hall–Kier alpha value is -2.38. The van der Waals surface area contributed by atoms with Crippen molar-refractivity contribution in [1.82, 2.24) is 0 Å². The second-order valence-corrected chi connectivity index (χ2v) is 9.90. The van der Waals surface area contributed by atoms with Crippen LogP contribution in [0, 0.1) is 13.8 Å². The molecule has 0 radical (unpaired) electrons. The summed E-state index contributed by atoms with van der Waals surface area (Å²) in [5, 5.41) is 3.79. The summed E-state index contributed by atoms with van der Waals surface area (Å²) in [5.74, 6) is -0.133. The van der Waals surface area contributed by atoms with E-state index in [1.165, 1.54) is 15.6 Å². The minimum atomic E-state index is -3.32. The smallest absolute Gasteiger partial charge is 0.265 e. The van der Waals surface area contributed by atoms with E-state index < -0.39 is 10.0 Å². The Kier molecular flexibility index (Phi) is 5.26. The molecule has 7 heteroatoms. The molecule has 5 nitrogen and oxygen atoms in total. The Morgan fingerprint density at radius 3 is 2.37 bits per heavy atom. The topological polar surface area (TPSA) is 66.5 Å². The van der Waals surface area contributed by atoms with E-state index in [1.807, 2.05) is 32.0 Å². The highest BCUT2D eigenvalue weighted by molar-refractivity contribution is 7.92. The third-order valence-electron chi connectivity index (χ3n) is 4.35. The zero-order valence-corrected chi connectivity index (χ0v) is 17.4. The van der Waals surface area contributed by atoms with Crippen molar-refractivity contribution in [2.45, 2.75) is 20.8 Å². The number of sulfonamides is 1. The van der Waals surface area contributed by atoms with E-state index in [0.29, 0.717) is 10.6 Å². The number of thiophene rings is 1. The molecular weight excluding hydrogens is 380 g/mol. The van der Waals surface area contributed by atoms with Crippen LogP contribution in [0.15, 0.2) is 42.5 Å². The van der Waals surface area contributed by atoms with Gasteiger partial charge in [0.1, 0.15) is 0 Å². The first-order valence-electron chi connectivity index (χ1n) is 8.59. The second-order valence-electron chi connectivity index (χ2n) is 6.53. The molecular formula is C20H22N2O3S2. The summed E-state index contributed by atoms with van der Waals surface area (Å²) in [7, 11) is -1.78. The van der Waals surface area contributed by atoms with Gasteiger partial charge in [-0.05, 0) is 73.7 Å². The molecule has 1 N–H and O–H groups in total. The first-order chi connectivity index (χ1) is 12.7. The van der Waals surface area contributed by atoms with Gasteiger partial charge in [0.25, 0.3) is 5.91 Å². The number of fused-ring (bicyclic) bond motifs is 1. The normalized spacial score (nSPS) is 11.6. The number of carbonyl (C=O) groups excluding carboxylic acids is 1. The number of anilines is 2. The number of amides is 1. The molecule has 2 aromatic carbocycles. The molecule has 0 aliphatic carbocycles. The van der Waals surface area contributed by atoms with Crippen molar-refractivity contribution in [3.63, 3.8) is 0 Å². The number of carbonyl (C=O) groups is 1. The molecule has 0 saturated heterocycles. The minimum Gasteiger partial charge on any atom is -0.321 e. The van der Waals surface area contributed by atoms with Crippen LogP contribution < -0.4 is 9.62 Å². The van der Waals surface area contributed by atoms with E-state index >= 15 is 0 Å². The molecule has 0 unspecified atom stereocenters. The van der Waals surface area contributed by atoms with E-state index in [1.54, 1.807) is 32.2 Å². The lowest BCUT2D eigenvalue weighted by atomic mass is 10.1. The van der Waals surface area contributed by atoms with Crippen molar-refractivity contribution in [3.05, 3.63) is 58.5 Å². The summed E-state index contributed by atoms with van der Waals surface area (Å²) in [5.41, 5.74) is 3.53. The molecule has 0 fully saturated rings. The third kappa shape index (κ3) is 4.14. The van der Waals surface area contributed by atoms with Gasteiger partial charge >= 0.3 is 0 Å². The van der Waals surface area contributed by atoms with Crippen LogP contribution in [-0.4, -0.2) is 27.1 Å². The first kappa shape index (κ1) is 19.4. The Morgan fingerprint density at radius 2 is 1.74 bits per heavy atom. The SMILES string of the molecule is CCS(=O)(=O)N(C)c1ccc2sc(C(=O)Nc3cc(C)cc(C)c3)cc2c1. The number of nitrogens with one attached hydrogen (secondary N) is 1. The molecule has 0 atom stereocenters. The molecule has 3 rings (SSSR count). The Bertz CT molecular complexity index is 1100. The van der Waals surface area contributed by atoms with Crippen LogP contribution in [0.4, 0.5) is 11.4 Å². The van der Waals surface area contributed by atoms with Gasteiger partial charge in [0.05, 0.1) is 16.3 Å². The van der Waals surface area contributed by atoms with Gasteiger partial charge in [-0.15, -0.1) is 11.3 Å². The maximum absolute atomic E-state index is 12.6. The maximum atomic E-state index is 12.6. The predicted octanol–water partition coefficient (Wildman–Crippen LogP) is 4.56. The van der Waals surface area contributed by atoms with Crippen molar-refractivity contribution < 1.29 is 13.2 Å². The molecule has 3 aromatic rings. The Labute approximate surface area is 163 Å². The summed E-state index contributed by atoms with van der Waals surface area (Å²) in [6.07, 6.45) is 0. The van der Waals surface area contributed by atoms with Crippen LogP contribution in [-0.2, 0) is 10.0 Å². The minimum absolute atomic E-state index is 0.0364. The van der Waals surface area contributed by atoms with E-state index in [9.17, 15) is 13.2 Å². The van der Waals surface area contributed by atoms with Crippen LogP contribution in [0.2, 0.25) is 0 Å². The fourth-order valence-corrected chi connectivity index (χ4v) is 4.69. The van der Waals surface area contributed by atoms with Crippen molar-refractivity contribution in [2.24, 2.45) is 0 Å². The maximum Gasteiger partial charge on any atom is 0.265 e. The highest BCUT2D eigenvalue weighted by Crippen LogP contribution is 2.30. The molecule has 27 heavy (non-hydrogen) atoms. The monoisotopic (exact) mass is 402 g/mol. The van der Waals surface area contributed by atoms with E-state index in [2.05, 4.69) is 11.4 Å². The highest BCUT2D eigenvalue weighted by Gasteiger charge is 2.17. The lowest BCUT2D eigenvalue weighted by Crippen LogP contribution is -2.27. The van der Waals surface area contributed by atoms with Crippen molar-refractivity contribution >= 4 is 48.7 Å².